The highest BCUT2D eigenvalue weighted by Gasteiger charge is 2.14. The van der Waals surface area contributed by atoms with Crippen molar-refractivity contribution in [2.45, 2.75) is 26.2 Å². The van der Waals surface area contributed by atoms with Crippen LogP contribution in [0.25, 0.3) is 10.8 Å². The first-order chi connectivity index (χ1) is 9.67. The van der Waals surface area contributed by atoms with Gasteiger partial charge in [0.1, 0.15) is 11.1 Å². The minimum atomic E-state index is -0.666. The highest BCUT2D eigenvalue weighted by Crippen LogP contribution is 2.25. The number of ether oxygens (including phenoxy) is 1. The molecule has 0 saturated carbocycles. The van der Waals surface area contributed by atoms with E-state index in [-0.39, 0.29) is 11.1 Å². The Labute approximate surface area is 116 Å². The van der Waals surface area contributed by atoms with Crippen molar-refractivity contribution in [1.29, 1.82) is 0 Å². The predicted molar refractivity (Wildman–Crippen MR) is 76.7 cm³/mol. The Morgan fingerprint density at radius 2 is 2.25 bits per heavy atom. The van der Waals surface area contributed by atoms with Crippen molar-refractivity contribution in [3.63, 3.8) is 0 Å². The van der Waals surface area contributed by atoms with Gasteiger partial charge in [-0.05, 0) is 30.4 Å². The number of allylic oxidation sites excluding steroid dienone is 1. The molecule has 0 fully saturated rings. The van der Waals surface area contributed by atoms with Crippen LogP contribution in [0.5, 0.6) is 5.75 Å². The summed E-state index contributed by atoms with van der Waals surface area (Å²) < 4.78 is 24.6. The molecule has 2 aromatic rings. The maximum Gasteiger partial charge on any atom is 0.346 e. The molecule has 20 heavy (non-hydrogen) atoms. The van der Waals surface area contributed by atoms with E-state index in [9.17, 15) is 9.18 Å². The second-order valence-corrected chi connectivity index (χ2v) is 4.52. The van der Waals surface area contributed by atoms with Crippen molar-refractivity contribution in [2.75, 3.05) is 6.61 Å². The minimum absolute atomic E-state index is 0.0547. The number of fused-ring (bicyclic) bond motifs is 1. The van der Waals surface area contributed by atoms with Gasteiger partial charge in [0, 0.05) is 6.42 Å². The first-order valence-electron chi connectivity index (χ1n) is 6.66. The van der Waals surface area contributed by atoms with E-state index < -0.39 is 11.4 Å². The molecule has 0 saturated heterocycles. The molecule has 0 spiro atoms. The molecule has 0 aliphatic carbocycles. The molecule has 4 heteroatoms. The Bertz CT molecular complexity index is 673. The number of benzene rings is 1. The van der Waals surface area contributed by atoms with Crippen LogP contribution in [0.3, 0.4) is 0 Å². The number of hydrogen-bond acceptors (Lipinski definition) is 3. The third kappa shape index (κ3) is 2.90. The van der Waals surface area contributed by atoms with Crippen LogP contribution in [0.4, 0.5) is 4.39 Å². The van der Waals surface area contributed by atoms with Gasteiger partial charge in [-0.1, -0.05) is 19.1 Å². The molecule has 106 valence electrons. The van der Waals surface area contributed by atoms with Crippen LogP contribution in [-0.4, -0.2) is 6.61 Å². The molecule has 0 unspecified atom stereocenters. The Balaban J connectivity index is 2.48. The summed E-state index contributed by atoms with van der Waals surface area (Å²) in [5.41, 5.74) is -0.666. The van der Waals surface area contributed by atoms with E-state index in [2.05, 4.69) is 6.58 Å². The second kappa shape index (κ2) is 6.37. The molecular weight excluding hydrogens is 259 g/mol. The maximum atomic E-state index is 14.2. The van der Waals surface area contributed by atoms with Crippen LogP contribution in [0.2, 0.25) is 0 Å². The summed E-state index contributed by atoms with van der Waals surface area (Å²) in [6.07, 6.45) is 3.79. The van der Waals surface area contributed by atoms with Gasteiger partial charge in [-0.2, -0.15) is 0 Å². The molecule has 0 radical (unpaired) electrons. The van der Waals surface area contributed by atoms with E-state index in [0.717, 1.165) is 6.42 Å². The van der Waals surface area contributed by atoms with Crippen LogP contribution < -0.4 is 10.4 Å². The zero-order chi connectivity index (χ0) is 14.5. The van der Waals surface area contributed by atoms with E-state index >= 15 is 0 Å². The van der Waals surface area contributed by atoms with E-state index in [1.165, 1.54) is 0 Å². The first kappa shape index (κ1) is 14.3. The van der Waals surface area contributed by atoms with Gasteiger partial charge < -0.3 is 9.15 Å². The van der Waals surface area contributed by atoms with E-state index in [1.807, 2.05) is 6.92 Å². The smallest absolute Gasteiger partial charge is 0.346 e. The third-order valence-corrected chi connectivity index (χ3v) is 2.94. The van der Waals surface area contributed by atoms with Gasteiger partial charge in [0.25, 0.3) is 0 Å². The van der Waals surface area contributed by atoms with Crippen LogP contribution in [0.15, 0.2) is 40.1 Å². The van der Waals surface area contributed by atoms with E-state index in [1.54, 1.807) is 24.3 Å². The Morgan fingerprint density at radius 1 is 1.45 bits per heavy atom. The summed E-state index contributed by atoms with van der Waals surface area (Å²) in [5, 5.41) is 0.475. The van der Waals surface area contributed by atoms with Gasteiger partial charge in [-0.25, -0.2) is 9.18 Å². The largest absolute Gasteiger partial charge is 0.491 e. The fraction of sp³-hybridized carbons (Fsp3) is 0.312. The molecule has 0 bridgehead atoms. The summed E-state index contributed by atoms with van der Waals surface area (Å²) in [6, 6.07) is 4.91. The van der Waals surface area contributed by atoms with E-state index in [0.29, 0.717) is 30.6 Å². The monoisotopic (exact) mass is 276 g/mol. The summed E-state index contributed by atoms with van der Waals surface area (Å²) in [6.45, 7) is 5.96. The summed E-state index contributed by atoms with van der Waals surface area (Å²) in [5.74, 6) is -0.0329. The molecule has 2 rings (SSSR count). The molecular formula is C16H17FO3. The number of rotatable bonds is 6. The van der Waals surface area contributed by atoms with Crippen LogP contribution in [0, 0.1) is 5.82 Å². The molecule has 3 nitrogen and oxygen atoms in total. The highest BCUT2D eigenvalue weighted by atomic mass is 19.1. The molecule has 1 aromatic heterocycles. The fourth-order valence-corrected chi connectivity index (χ4v) is 1.96. The molecule has 1 aromatic carbocycles. The van der Waals surface area contributed by atoms with Crippen molar-refractivity contribution in [3.05, 3.63) is 52.9 Å². The summed E-state index contributed by atoms with van der Waals surface area (Å²) in [4.78, 5) is 11.9. The number of hydrogen-bond donors (Lipinski definition) is 0. The zero-order valence-corrected chi connectivity index (χ0v) is 11.4. The quantitative estimate of drug-likeness (QED) is 0.752. The second-order valence-electron chi connectivity index (χ2n) is 4.52. The fourth-order valence-electron chi connectivity index (χ4n) is 1.96. The standard InChI is InChI=1S/C16H17FO3/c1-3-5-6-12-10-11-7-8-13(19-9-4-2)15(17)14(11)16(18)20-12/h3,7-8,10H,1,4-6,9H2,2H3. The number of aryl methyl sites for hydroxylation is 1. The Hall–Kier alpha value is -2.10. The lowest BCUT2D eigenvalue weighted by Crippen LogP contribution is -2.06. The van der Waals surface area contributed by atoms with Crippen LogP contribution in [0.1, 0.15) is 25.5 Å². The lowest BCUT2D eigenvalue weighted by Gasteiger charge is -2.08. The zero-order valence-electron chi connectivity index (χ0n) is 11.4. The van der Waals surface area contributed by atoms with Gasteiger partial charge in [0.05, 0.1) is 6.61 Å². The van der Waals surface area contributed by atoms with Crippen LogP contribution >= 0.6 is 0 Å². The maximum absolute atomic E-state index is 14.2. The van der Waals surface area contributed by atoms with Gasteiger partial charge in [0.2, 0.25) is 0 Å². The molecule has 0 aliphatic rings. The van der Waals surface area contributed by atoms with Gasteiger partial charge in [0.15, 0.2) is 11.6 Å². The number of halogens is 1. The lowest BCUT2D eigenvalue weighted by atomic mass is 10.1. The highest BCUT2D eigenvalue weighted by molar-refractivity contribution is 5.83. The van der Waals surface area contributed by atoms with Crippen molar-refractivity contribution in [1.82, 2.24) is 0 Å². The third-order valence-electron chi connectivity index (χ3n) is 2.94. The lowest BCUT2D eigenvalue weighted by molar-refractivity contribution is 0.302. The molecule has 0 amide bonds. The molecule has 0 atom stereocenters. The SMILES string of the molecule is C=CCCc1cc2ccc(OCCC)c(F)c2c(=O)o1. The summed E-state index contributed by atoms with van der Waals surface area (Å²) in [7, 11) is 0. The van der Waals surface area contributed by atoms with Gasteiger partial charge in [-0.3, -0.25) is 0 Å². The molecule has 0 N–H and O–H groups in total. The Kier molecular flexibility index (Phi) is 4.56. The molecule has 1 heterocycles. The van der Waals surface area contributed by atoms with Crippen molar-refractivity contribution in [2.24, 2.45) is 0 Å². The molecule has 0 aliphatic heterocycles. The first-order valence-corrected chi connectivity index (χ1v) is 6.66. The minimum Gasteiger partial charge on any atom is -0.491 e. The topological polar surface area (TPSA) is 39.4 Å². The van der Waals surface area contributed by atoms with Crippen LogP contribution in [-0.2, 0) is 6.42 Å². The van der Waals surface area contributed by atoms with Crippen molar-refractivity contribution >= 4 is 10.8 Å². The summed E-state index contributed by atoms with van der Waals surface area (Å²) >= 11 is 0. The van der Waals surface area contributed by atoms with Gasteiger partial charge >= 0.3 is 5.63 Å². The predicted octanol–water partition coefficient (Wildman–Crippen LogP) is 3.84. The Morgan fingerprint density at radius 3 is 2.95 bits per heavy atom. The average molecular weight is 276 g/mol. The van der Waals surface area contributed by atoms with Crippen molar-refractivity contribution in [3.8, 4) is 5.75 Å². The normalized spacial score (nSPS) is 10.7. The van der Waals surface area contributed by atoms with E-state index in [4.69, 9.17) is 9.15 Å². The van der Waals surface area contributed by atoms with Crippen molar-refractivity contribution < 1.29 is 13.5 Å². The van der Waals surface area contributed by atoms with Gasteiger partial charge in [-0.15, -0.1) is 6.58 Å². The average Bonchev–Trinajstić information content (AvgIpc) is 2.44.